The summed E-state index contributed by atoms with van der Waals surface area (Å²) in [6, 6.07) is 4.91. The van der Waals surface area contributed by atoms with Crippen molar-refractivity contribution in [2.24, 2.45) is 0 Å². The highest BCUT2D eigenvalue weighted by Crippen LogP contribution is 2.50. The molecule has 82 valence electrons. The average Bonchev–Trinajstić information content (AvgIpc) is 2.86. The van der Waals surface area contributed by atoms with Crippen LogP contribution in [0, 0.1) is 6.92 Å². The molecule has 1 fully saturated rings. The van der Waals surface area contributed by atoms with Gasteiger partial charge in [0.2, 0.25) is 0 Å². The summed E-state index contributed by atoms with van der Waals surface area (Å²) in [6.07, 6.45) is 3.92. The van der Waals surface area contributed by atoms with Crippen LogP contribution >= 0.6 is 11.6 Å². The first-order valence-corrected chi connectivity index (χ1v) is 6.30. The number of nitrogens with zero attached hydrogens (tertiary/aromatic N) is 2. The van der Waals surface area contributed by atoms with E-state index in [2.05, 4.69) is 17.6 Å². The van der Waals surface area contributed by atoms with Crippen LogP contribution in [-0.2, 0) is 0 Å². The molecule has 0 amide bonds. The van der Waals surface area contributed by atoms with Crippen molar-refractivity contribution in [3.05, 3.63) is 28.5 Å². The highest BCUT2D eigenvalue weighted by atomic mass is 35.5. The first kappa shape index (κ1) is 9.06. The Hall–Kier alpha value is -1.02. The predicted molar refractivity (Wildman–Crippen MR) is 65.1 cm³/mol. The molecule has 4 rings (SSSR count). The van der Waals surface area contributed by atoms with Gasteiger partial charge in [0.05, 0.1) is 10.5 Å². The number of hydrogen-bond acceptors (Lipinski definition) is 1. The summed E-state index contributed by atoms with van der Waals surface area (Å²) in [7, 11) is 0. The maximum Gasteiger partial charge on any atom is 0.113 e. The van der Waals surface area contributed by atoms with E-state index in [4.69, 9.17) is 16.6 Å². The van der Waals surface area contributed by atoms with Crippen molar-refractivity contribution in [2.45, 2.75) is 38.1 Å². The van der Waals surface area contributed by atoms with Gasteiger partial charge in [-0.2, -0.15) is 0 Å². The zero-order valence-corrected chi connectivity index (χ0v) is 9.96. The van der Waals surface area contributed by atoms with Crippen LogP contribution < -0.4 is 0 Å². The summed E-state index contributed by atoms with van der Waals surface area (Å²) in [5.41, 5.74) is 3.47. The average molecular weight is 233 g/mol. The molecule has 3 heteroatoms. The number of imidazole rings is 1. The van der Waals surface area contributed by atoms with Crippen LogP contribution in [-0.4, -0.2) is 9.55 Å². The minimum absolute atomic E-state index is 0.683. The summed E-state index contributed by atoms with van der Waals surface area (Å²) < 4.78 is 2.43. The van der Waals surface area contributed by atoms with Crippen LogP contribution in [0.3, 0.4) is 0 Å². The fourth-order valence-corrected chi connectivity index (χ4v) is 3.71. The smallest absolute Gasteiger partial charge is 0.113 e. The minimum atomic E-state index is 0.683. The Morgan fingerprint density at radius 3 is 3.12 bits per heavy atom. The molecule has 1 aliphatic heterocycles. The Bertz CT molecular complexity index is 599. The fraction of sp³-hybridized carbons (Fsp3) is 0.462. The van der Waals surface area contributed by atoms with Gasteiger partial charge < -0.3 is 4.57 Å². The fourth-order valence-electron chi connectivity index (χ4n) is 3.40. The topological polar surface area (TPSA) is 17.8 Å². The lowest BCUT2D eigenvalue weighted by atomic mass is 10.1. The molecule has 1 aliphatic carbocycles. The normalized spacial score (nSPS) is 26.6. The largest absolute Gasteiger partial charge is 0.325 e. The van der Waals surface area contributed by atoms with Crippen LogP contribution in [0.1, 0.15) is 42.6 Å². The molecule has 2 heterocycles. The lowest BCUT2D eigenvalue weighted by Crippen LogP contribution is -2.05. The second kappa shape index (κ2) is 2.80. The molecule has 2 aromatic rings. The molecule has 2 aliphatic rings. The Morgan fingerprint density at radius 2 is 2.25 bits per heavy atom. The minimum Gasteiger partial charge on any atom is -0.325 e. The van der Waals surface area contributed by atoms with Crippen LogP contribution in [0.2, 0.25) is 5.02 Å². The maximum atomic E-state index is 6.27. The number of aromatic nitrogens is 2. The number of benzene rings is 1. The third-order valence-corrected chi connectivity index (χ3v) is 4.34. The van der Waals surface area contributed by atoms with Crippen molar-refractivity contribution < 1.29 is 0 Å². The molecule has 2 bridgehead atoms. The van der Waals surface area contributed by atoms with Gasteiger partial charge in [-0.15, -0.1) is 0 Å². The summed E-state index contributed by atoms with van der Waals surface area (Å²) >= 11 is 6.27. The van der Waals surface area contributed by atoms with Gasteiger partial charge in [-0.3, -0.25) is 0 Å². The summed E-state index contributed by atoms with van der Waals surface area (Å²) in [5, 5.41) is 0.802. The first-order valence-electron chi connectivity index (χ1n) is 5.92. The van der Waals surface area contributed by atoms with E-state index >= 15 is 0 Å². The van der Waals surface area contributed by atoms with Gasteiger partial charge in [-0.05, 0) is 43.9 Å². The molecule has 1 saturated carbocycles. The van der Waals surface area contributed by atoms with Gasteiger partial charge in [-0.25, -0.2) is 4.98 Å². The second-order valence-electron chi connectivity index (χ2n) is 5.12. The summed E-state index contributed by atoms with van der Waals surface area (Å²) in [6.45, 7) is 2.10. The van der Waals surface area contributed by atoms with E-state index in [0.29, 0.717) is 12.0 Å². The molecule has 16 heavy (non-hydrogen) atoms. The molecule has 2 unspecified atom stereocenters. The van der Waals surface area contributed by atoms with Gasteiger partial charge in [-0.1, -0.05) is 11.6 Å². The van der Waals surface area contributed by atoms with Crippen molar-refractivity contribution in [1.82, 2.24) is 9.55 Å². The SMILES string of the molecule is Cc1cc(Cl)c2nc3n(c2c1)C1CCC3C1. The van der Waals surface area contributed by atoms with Crippen molar-refractivity contribution in [3.63, 3.8) is 0 Å². The van der Waals surface area contributed by atoms with Gasteiger partial charge in [0, 0.05) is 12.0 Å². The number of aryl methyl sites for hydroxylation is 1. The Morgan fingerprint density at radius 1 is 1.38 bits per heavy atom. The number of hydrogen-bond donors (Lipinski definition) is 0. The maximum absolute atomic E-state index is 6.27. The summed E-state index contributed by atoms with van der Waals surface area (Å²) in [5.74, 6) is 1.97. The van der Waals surface area contributed by atoms with Gasteiger partial charge in [0.25, 0.3) is 0 Å². The van der Waals surface area contributed by atoms with E-state index < -0.39 is 0 Å². The second-order valence-corrected chi connectivity index (χ2v) is 5.53. The highest BCUT2D eigenvalue weighted by Gasteiger charge is 2.39. The van der Waals surface area contributed by atoms with E-state index in [0.717, 1.165) is 10.5 Å². The molecule has 0 spiro atoms. The number of rotatable bonds is 0. The van der Waals surface area contributed by atoms with E-state index in [1.807, 2.05) is 6.07 Å². The Labute approximate surface area is 99.2 Å². The molecule has 2 atom stereocenters. The van der Waals surface area contributed by atoms with Crippen LogP contribution in [0.5, 0.6) is 0 Å². The van der Waals surface area contributed by atoms with Gasteiger partial charge >= 0.3 is 0 Å². The summed E-state index contributed by atoms with van der Waals surface area (Å²) in [4.78, 5) is 4.75. The number of fused-ring (bicyclic) bond motifs is 7. The third-order valence-electron chi connectivity index (χ3n) is 4.06. The van der Waals surface area contributed by atoms with Crippen molar-refractivity contribution in [1.29, 1.82) is 0 Å². The molecule has 1 aromatic carbocycles. The number of halogens is 1. The first-order chi connectivity index (χ1) is 7.74. The van der Waals surface area contributed by atoms with Crippen LogP contribution in [0.4, 0.5) is 0 Å². The zero-order chi connectivity index (χ0) is 10.9. The monoisotopic (exact) mass is 232 g/mol. The molecular formula is C13H13ClN2. The molecular weight excluding hydrogens is 220 g/mol. The molecule has 2 nitrogen and oxygen atoms in total. The molecule has 0 N–H and O–H groups in total. The Kier molecular flexibility index (Phi) is 1.59. The highest BCUT2D eigenvalue weighted by molar-refractivity contribution is 6.35. The molecule has 1 aromatic heterocycles. The van der Waals surface area contributed by atoms with E-state index in [9.17, 15) is 0 Å². The van der Waals surface area contributed by atoms with E-state index in [-0.39, 0.29) is 0 Å². The Balaban J connectivity index is 2.12. The third kappa shape index (κ3) is 0.963. The van der Waals surface area contributed by atoms with Crippen molar-refractivity contribution in [3.8, 4) is 0 Å². The molecule has 0 saturated heterocycles. The van der Waals surface area contributed by atoms with Crippen molar-refractivity contribution in [2.75, 3.05) is 0 Å². The zero-order valence-electron chi connectivity index (χ0n) is 9.20. The van der Waals surface area contributed by atoms with Gasteiger partial charge in [0.15, 0.2) is 0 Å². The van der Waals surface area contributed by atoms with Gasteiger partial charge in [0.1, 0.15) is 11.3 Å². The molecule has 0 radical (unpaired) electrons. The predicted octanol–water partition coefficient (Wildman–Crippen LogP) is 3.82. The van der Waals surface area contributed by atoms with Crippen LogP contribution in [0.25, 0.3) is 11.0 Å². The standard InChI is InChI=1S/C13H13ClN2/c1-7-4-10(14)12-11(5-7)16-9-3-2-8(6-9)13(16)15-12/h4-5,8-9H,2-3,6H2,1H3. The lowest BCUT2D eigenvalue weighted by Gasteiger charge is -2.14. The lowest BCUT2D eigenvalue weighted by molar-refractivity contribution is 0.539. The quantitative estimate of drug-likeness (QED) is 0.675. The van der Waals surface area contributed by atoms with Crippen molar-refractivity contribution >= 4 is 22.6 Å². The van der Waals surface area contributed by atoms with E-state index in [1.54, 1.807) is 0 Å². The van der Waals surface area contributed by atoms with Crippen LogP contribution in [0.15, 0.2) is 12.1 Å². The van der Waals surface area contributed by atoms with E-state index in [1.165, 1.54) is 36.2 Å².